The molecule has 0 aliphatic heterocycles. The summed E-state index contributed by atoms with van der Waals surface area (Å²) in [6, 6.07) is 68.6. The van der Waals surface area contributed by atoms with Gasteiger partial charge in [-0.2, -0.15) is 0 Å². The molecule has 10 aromatic rings. The van der Waals surface area contributed by atoms with E-state index in [2.05, 4.69) is 193 Å². The Kier molecular flexibility index (Phi) is 6.72. The van der Waals surface area contributed by atoms with Crippen molar-refractivity contribution in [2.24, 2.45) is 0 Å². The second-order valence-corrected chi connectivity index (χ2v) is 14.2. The molecule has 0 radical (unpaired) electrons. The smallest absolute Gasteiger partial charge is 0.0788 e. The molecule has 248 valence electrons. The SMILES string of the molecule is c1ccc(C(c2ccc(-c3nc4ccccc4c4c3ccc3c4c4ccccc4n3-c3ccccc3)cc2)c2cccc3c2Cc2ccccc2-3)cc1. The van der Waals surface area contributed by atoms with Crippen LogP contribution < -0.4 is 0 Å². The predicted molar refractivity (Wildman–Crippen MR) is 221 cm³/mol. The zero-order valence-electron chi connectivity index (χ0n) is 29.1. The Morgan fingerprint density at radius 2 is 1.13 bits per heavy atom. The molecule has 1 unspecified atom stereocenters. The number of rotatable bonds is 5. The number of hydrogen-bond donors (Lipinski definition) is 0. The van der Waals surface area contributed by atoms with Crippen molar-refractivity contribution in [2.75, 3.05) is 0 Å². The first-order valence-electron chi connectivity index (χ1n) is 18.5. The van der Waals surface area contributed by atoms with Crippen molar-refractivity contribution in [3.63, 3.8) is 0 Å². The van der Waals surface area contributed by atoms with Crippen LogP contribution in [0.4, 0.5) is 0 Å². The fourth-order valence-corrected chi connectivity index (χ4v) is 9.06. The highest BCUT2D eigenvalue weighted by molar-refractivity contribution is 6.29. The normalized spacial score (nSPS) is 12.8. The van der Waals surface area contributed by atoms with Crippen LogP contribution in [0.3, 0.4) is 0 Å². The van der Waals surface area contributed by atoms with Gasteiger partial charge in [0.2, 0.25) is 0 Å². The van der Waals surface area contributed by atoms with E-state index in [0.717, 1.165) is 34.3 Å². The molecule has 0 saturated carbocycles. The van der Waals surface area contributed by atoms with Crippen LogP contribution >= 0.6 is 0 Å². The summed E-state index contributed by atoms with van der Waals surface area (Å²) in [4.78, 5) is 5.38. The molecule has 0 amide bonds. The summed E-state index contributed by atoms with van der Waals surface area (Å²) < 4.78 is 2.40. The van der Waals surface area contributed by atoms with Crippen LogP contribution in [0.5, 0.6) is 0 Å². The first kappa shape index (κ1) is 29.9. The first-order chi connectivity index (χ1) is 26.3. The second kappa shape index (κ2) is 11.9. The fourth-order valence-electron chi connectivity index (χ4n) is 9.06. The van der Waals surface area contributed by atoms with Gasteiger partial charge >= 0.3 is 0 Å². The maximum Gasteiger partial charge on any atom is 0.0788 e. The van der Waals surface area contributed by atoms with Crippen molar-refractivity contribution in [1.29, 1.82) is 0 Å². The third kappa shape index (κ3) is 4.62. The lowest BCUT2D eigenvalue weighted by molar-refractivity contribution is 0.955. The number of aromatic nitrogens is 2. The second-order valence-electron chi connectivity index (χ2n) is 14.2. The van der Waals surface area contributed by atoms with Gasteiger partial charge in [-0.25, -0.2) is 4.98 Å². The average Bonchev–Trinajstić information content (AvgIpc) is 3.78. The Morgan fingerprint density at radius 1 is 0.453 bits per heavy atom. The van der Waals surface area contributed by atoms with Crippen LogP contribution in [0.2, 0.25) is 0 Å². The van der Waals surface area contributed by atoms with Gasteiger partial charge in [0.1, 0.15) is 0 Å². The van der Waals surface area contributed by atoms with Gasteiger partial charge in [-0.05, 0) is 75.7 Å². The quantitative estimate of drug-likeness (QED) is 0.131. The molecule has 0 bridgehead atoms. The lowest BCUT2D eigenvalue weighted by atomic mass is 9.81. The number of pyridine rings is 1. The molecule has 1 atom stereocenters. The molecular weight excluding hydrogens is 641 g/mol. The Balaban J connectivity index is 1.11. The maximum atomic E-state index is 5.38. The molecule has 11 rings (SSSR count). The zero-order valence-corrected chi connectivity index (χ0v) is 29.1. The van der Waals surface area contributed by atoms with Gasteiger partial charge < -0.3 is 4.57 Å². The Morgan fingerprint density at radius 3 is 1.98 bits per heavy atom. The van der Waals surface area contributed by atoms with E-state index in [1.165, 1.54) is 71.5 Å². The Labute approximate surface area is 308 Å². The maximum absolute atomic E-state index is 5.38. The standard InChI is InChI=1S/C51H34N2/c1-3-14-33(15-4-1)48(40-23-13-22-39-38-19-8-7-16-36(38)32-44(39)40)34-26-28-35(29-27-34)51-43-30-31-47-50(49(43)41-20-9-11-24-45(41)52-51)42-21-10-12-25-46(42)53(47)37-17-5-2-6-18-37/h1-31,48H,32H2. The molecule has 0 saturated heterocycles. The predicted octanol–water partition coefficient (Wildman–Crippen LogP) is 12.9. The van der Waals surface area contributed by atoms with E-state index < -0.39 is 0 Å². The van der Waals surface area contributed by atoms with Gasteiger partial charge in [0.05, 0.1) is 22.2 Å². The molecule has 8 aromatic carbocycles. The third-order valence-electron chi connectivity index (χ3n) is 11.4. The third-order valence-corrected chi connectivity index (χ3v) is 11.4. The fraction of sp³-hybridized carbons (Fsp3) is 0.0392. The lowest BCUT2D eigenvalue weighted by Gasteiger charge is -2.22. The minimum absolute atomic E-state index is 0.111. The van der Waals surface area contributed by atoms with Crippen LogP contribution in [0.1, 0.15) is 33.7 Å². The number of para-hydroxylation sites is 3. The number of benzene rings is 8. The van der Waals surface area contributed by atoms with E-state index in [4.69, 9.17) is 4.98 Å². The van der Waals surface area contributed by atoms with E-state index in [9.17, 15) is 0 Å². The zero-order chi connectivity index (χ0) is 34.9. The van der Waals surface area contributed by atoms with Crippen molar-refractivity contribution in [3.05, 3.63) is 216 Å². The topological polar surface area (TPSA) is 17.8 Å². The molecule has 1 aliphatic carbocycles. The lowest BCUT2D eigenvalue weighted by Crippen LogP contribution is -2.06. The largest absolute Gasteiger partial charge is 0.309 e. The van der Waals surface area contributed by atoms with Crippen molar-refractivity contribution in [1.82, 2.24) is 9.55 Å². The summed E-state index contributed by atoms with van der Waals surface area (Å²) in [5, 5.41) is 6.10. The number of fused-ring (bicyclic) bond motifs is 10. The Bertz CT molecular complexity index is 3010. The van der Waals surface area contributed by atoms with Gasteiger partial charge in [-0.1, -0.05) is 158 Å². The molecule has 2 heteroatoms. The van der Waals surface area contributed by atoms with Gasteiger partial charge in [0, 0.05) is 44.1 Å². The summed E-state index contributed by atoms with van der Waals surface area (Å²) in [5.74, 6) is 0.111. The monoisotopic (exact) mass is 674 g/mol. The van der Waals surface area contributed by atoms with E-state index in [1.807, 2.05) is 0 Å². The van der Waals surface area contributed by atoms with Crippen LogP contribution in [0, 0.1) is 0 Å². The first-order valence-corrected chi connectivity index (χ1v) is 18.5. The molecule has 0 N–H and O–H groups in total. The molecule has 0 fully saturated rings. The summed E-state index contributed by atoms with van der Waals surface area (Å²) >= 11 is 0. The van der Waals surface area contributed by atoms with E-state index in [1.54, 1.807) is 0 Å². The summed E-state index contributed by atoms with van der Waals surface area (Å²) in [5.41, 5.74) is 16.2. The molecule has 2 heterocycles. The molecule has 0 spiro atoms. The summed E-state index contributed by atoms with van der Waals surface area (Å²) in [7, 11) is 0. The van der Waals surface area contributed by atoms with E-state index >= 15 is 0 Å². The van der Waals surface area contributed by atoms with Gasteiger partial charge in [-0.3, -0.25) is 0 Å². The van der Waals surface area contributed by atoms with Crippen molar-refractivity contribution in [2.45, 2.75) is 12.3 Å². The minimum atomic E-state index is 0.111. The molecule has 53 heavy (non-hydrogen) atoms. The van der Waals surface area contributed by atoms with Gasteiger partial charge in [0.15, 0.2) is 0 Å². The molecular formula is C51H34N2. The van der Waals surface area contributed by atoms with Crippen molar-refractivity contribution < 1.29 is 0 Å². The summed E-state index contributed by atoms with van der Waals surface area (Å²) in [6.07, 6.45) is 0.964. The van der Waals surface area contributed by atoms with Crippen LogP contribution in [0.15, 0.2) is 188 Å². The molecule has 2 nitrogen and oxygen atoms in total. The van der Waals surface area contributed by atoms with Crippen LogP contribution in [0.25, 0.3) is 71.6 Å². The van der Waals surface area contributed by atoms with Gasteiger partial charge in [-0.15, -0.1) is 0 Å². The minimum Gasteiger partial charge on any atom is -0.309 e. The van der Waals surface area contributed by atoms with Gasteiger partial charge in [0.25, 0.3) is 0 Å². The number of hydrogen-bond acceptors (Lipinski definition) is 1. The van der Waals surface area contributed by atoms with E-state index in [-0.39, 0.29) is 5.92 Å². The van der Waals surface area contributed by atoms with Crippen molar-refractivity contribution >= 4 is 43.5 Å². The summed E-state index contributed by atoms with van der Waals surface area (Å²) in [6.45, 7) is 0. The molecule has 1 aliphatic rings. The van der Waals surface area contributed by atoms with Crippen LogP contribution in [-0.4, -0.2) is 9.55 Å². The van der Waals surface area contributed by atoms with Crippen molar-refractivity contribution in [3.8, 4) is 28.1 Å². The number of nitrogens with zero attached hydrogens (tertiary/aromatic N) is 2. The van der Waals surface area contributed by atoms with Crippen LogP contribution in [-0.2, 0) is 6.42 Å². The van der Waals surface area contributed by atoms with E-state index in [0.29, 0.717) is 0 Å². The highest BCUT2D eigenvalue weighted by Gasteiger charge is 2.27. The molecule has 2 aromatic heterocycles. The highest BCUT2D eigenvalue weighted by atomic mass is 15.0. The Hall–Kier alpha value is -6.77. The average molecular weight is 675 g/mol. The highest BCUT2D eigenvalue weighted by Crippen LogP contribution is 2.45.